The monoisotopic (exact) mass is 308 g/mol. The highest BCUT2D eigenvalue weighted by molar-refractivity contribution is 5.92. The van der Waals surface area contributed by atoms with Crippen molar-refractivity contribution in [3.63, 3.8) is 0 Å². The van der Waals surface area contributed by atoms with Crippen LogP contribution in [0.2, 0.25) is 0 Å². The SMILES string of the molecule is O=C1C=C2CC(CO)(CO)CC2=C2CC(CO)(CO)CC2C1. The van der Waals surface area contributed by atoms with Gasteiger partial charge >= 0.3 is 0 Å². The zero-order chi connectivity index (χ0) is 16.0. The number of hydrogen-bond donors (Lipinski definition) is 4. The van der Waals surface area contributed by atoms with Gasteiger partial charge in [-0.1, -0.05) is 5.57 Å². The molecule has 0 radical (unpaired) electrons. The molecule has 0 spiro atoms. The fourth-order valence-corrected chi connectivity index (χ4v) is 4.40. The maximum atomic E-state index is 12.2. The third-order valence-electron chi connectivity index (χ3n) is 5.75. The van der Waals surface area contributed by atoms with Crippen molar-refractivity contribution in [2.24, 2.45) is 16.7 Å². The molecule has 0 aromatic heterocycles. The number of aliphatic hydroxyl groups is 4. The van der Waals surface area contributed by atoms with E-state index in [9.17, 15) is 25.2 Å². The van der Waals surface area contributed by atoms with Gasteiger partial charge in [0.05, 0.1) is 26.4 Å². The third-order valence-corrected chi connectivity index (χ3v) is 5.75. The van der Waals surface area contributed by atoms with Crippen LogP contribution in [0.3, 0.4) is 0 Å². The summed E-state index contributed by atoms with van der Waals surface area (Å²) >= 11 is 0. The molecule has 0 aromatic carbocycles. The quantitative estimate of drug-likeness (QED) is 0.600. The van der Waals surface area contributed by atoms with Crippen molar-refractivity contribution >= 4 is 5.78 Å². The van der Waals surface area contributed by atoms with Crippen molar-refractivity contribution in [3.8, 4) is 0 Å². The van der Waals surface area contributed by atoms with Crippen LogP contribution >= 0.6 is 0 Å². The number of fused-ring (bicyclic) bond motifs is 2. The summed E-state index contributed by atoms with van der Waals surface area (Å²) in [6, 6.07) is 0. The average Bonchev–Trinajstić information content (AvgIpc) is 3.04. The highest BCUT2D eigenvalue weighted by atomic mass is 16.3. The van der Waals surface area contributed by atoms with Gasteiger partial charge in [-0.25, -0.2) is 0 Å². The van der Waals surface area contributed by atoms with Gasteiger partial charge in [-0.05, 0) is 48.8 Å². The van der Waals surface area contributed by atoms with E-state index in [2.05, 4.69) is 0 Å². The van der Waals surface area contributed by atoms with Crippen LogP contribution in [0, 0.1) is 16.7 Å². The minimum Gasteiger partial charge on any atom is -0.396 e. The summed E-state index contributed by atoms with van der Waals surface area (Å²) in [6.07, 6.45) is 4.40. The Balaban J connectivity index is 2.04. The van der Waals surface area contributed by atoms with Gasteiger partial charge in [-0.3, -0.25) is 4.79 Å². The van der Waals surface area contributed by atoms with Crippen LogP contribution in [-0.2, 0) is 4.79 Å². The molecule has 0 heterocycles. The lowest BCUT2D eigenvalue weighted by Crippen LogP contribution is -2.26. The first-order valence-corrected chi connectivity index (χ1v) is 7.89. The van der Waals surface area contributed by atoms with Crippen molar-refractivity contribution in [1.29, 1.82) is 0 Å². The van der Waals surface area contributed by atoms with Gasteiger partial charge in [0.1, 0.15) is 0 Å². The normalized spacial score (nSPS) is 29.2. The molecular formula is C17H24O5. The number of aliphatic hydroxyl groups excluding tert-OH is 4. The molecule has 4 N–H and O–H groups in total. The number of allylic oxidation sites excluding steroid dienone is 4. The fraction of sp³-hybridized carbons (Fsp3) is 0.706. The van der Waals surface area contributed by atoms with E-state index in [0.717, 1.165) is 16.7 Å². The summed E-state index contributed by atoms with van der Waals surface area (Å²) < 4.78 is 0. The van der Waals surface area contributed by atoms with Crippen LogP contribution in [0.15, 0.2) is 22.8 Å². The number of carbonyl (C=O) groups excluding carboxylic acids is 1. The topological polar surface area (TPSA) is 98.0 Å². The molecule has 2 saturated carbocycles. The van der Waals surface area contributed by atoms with Crippen LogP contribution in [0.1, 0.15) is 32.1 Å². The Morgan fingerprint density at radius 1 is 0.955 bits per heavy atom. The summed E-state index contributed by atoms with van der Waals surface area (Å²) in [5, 5.41) is 38.7. The Kier molecular flexibility index (Phi) is 4.01. The molecule has 5 heteroatoms. The van der Waals surface area contributed by atoms with Crippen molar-refractivity contribution in [3.05, 3.63) is 22.8 Å². The van der Waals surface area contributed by atoms with Crippen molar-refractivity contribution in [1.82, 2.24) is 0 Å². The predicted molar refractivity (Wildman–Crippen MR) is 79.9 cm³/mol. The smallest absolute Gasteiger partial charge is 0.156 e. The highest BCUT2D eigenvalue weighted by Gasteiger charge is 2.48. The predicted octanol–water partition coefficient (Wildman–Crippen LogP) is 0.328. The zero-order valence-electron chi connectivity index (χ0n) is 12.7. The molecule has 1 atom stereocenters. The van der Waals surface area contributed by atoms with E-state index in [-0.39, 0.29) is 38.1 Å². The first kappa shape index (κ1) is 15.9. The maximum Gasteiger partial charge on any atom is 0.156 e. The molecule has 3 rings (SSSR count). The summed E-state index contributed by atoms with van der Waals surface area (Å²) in [7, 11) is 0. The third kappa shape index (κ3) is 2.36. The van der Waals surface area contributed by atoms with E-state index >= 15 is 0 Å². The molecule has 2 fully saturated rings. The largest absolute Gasteiger partial charge is 0.396 e. The Morgan fingerprint density at radius 2 is 1.59 bits per heavy atom. The van der Waals surface area contributed by atoms with Crippen LogP contribution in [0.25, 0.3) is 0 Å². The number of ketones is 1. The van der Waals surface area contributed by atoms with Crippen LogP contribution < -0.4 is 0 Å². The van der Waals surface area contributed by atoms with Gasteiger partial charge < -0.3 is 20.4 Å². The van der Waals surface area contributed by atoms with Crippen molar-refractivity contribution in [2.75, 3.05) is 26.4 Å². The fourth-order valence-electron chi connectivity index (χ4n) is 4.40. The first-order valence-electron chi connectivity index (χ1n) is 7.89. The molecule has 22 heavy (non-hydrogen) atoms. The Bertz CT molecular complexity index is 537. The lowest BCUT2D eigenvalue weighted by Gasteiger charge is -2.23. The van der Waals surface area contributed by atoms with Gasteiger partial charge in [-0.2, -0.15) is 0 Å². The van der Waals surface area contributed by atoms with E-state index < -0.39 is 10.8 Å². The van der Waals surface area contributed by atoms with E-state index in [1.54, 1.807) is 6.08 Å². The molecule has 0 saturated heterocycles. The van der Waals surface area contributed by atoms with E-state index in [1.807, 2.05) is 0 Å². The number of carbonyl (C=O) groups is 1. The van der Waals surface area contributed by atoms with Gasteiger partial charge in [-0.15, -0.1) is 0 Å². The Morgan fingerprint density at radius 3 is 2.18 bits per heavy atom. The molecular weight excluding hydrogens is 284 g/mol. The lowest BCUT2D eigenvalue weighted by molar-refractivity contribution is -0.115. The summed E-state index contributed by atoms with van der Waals surface area (Å²) in [4.78, 5) is 12.2. The van der Waals surface area contributed by atoms with Gasteiger partial charge in [0.2, 0.25) is 0 Å². The molecule has 0 aromatic rings. The molecule has 1 unspecified atom stereocenters. The molecule has 3 aliphatic rings. The van der Waals surface area contributed by atoms with Crippen LogP contribution in [0.5, 0.6) is 0 Å². The Labute approximate surface area is 130 Å². The molecule has 122 valence electrons. The average molecular weight is 308 g/mol. The highest BCUT2D eigenvalue weighted by Crippen LogP contribution is 2.55. The van der Waals surface area contributed by atoms with Crippen molar-refractivity contribution < 1.29 is 25.2 Å². The minimum atomic E-state index is -0.583. The standard InChI is InChI=1S/C17H24O5/c18-7-16(8-19)3-11-1-13(22)2-12-4-17(9-20,10-21)6-15(12)14(11)5-16/h1,12,18-21H,2-10H2. The number of hydrogen-bond acceptors (Lipinski definition) is 5. The Hall–Kier alpha value is -1.01. The zero-order valence-corrected chi connectivity index (χ0v) is 12.7. The number of rotatable bonds is 4. The summed E-state index contributed by atoms with van der Waals surface area (Å²) in [6.45, 7) is -0.395. The van der Waals surface area contributed by atoms with Crippen LogP contribution in [-0.4, -0.2) is 52.6 Å². The summed E-state index contributed by atoms with van der Waals surface area (Å²) in [5.74, 6) is 0.120. The van der Waals surface area contributed by atoms with E-state index in [4.69, 9.17) is 0 Å². The van der Waals surface area contributed by atoms with Crippen LogP contribution in [0.4, 0.5) is 0 Å². The second-order valence-electron chi connectivity index (χ2n) is 7.41. The summed E-state index contributed by atoms with van der Waals surface area (Å²) in [5.41, 5.74) is 2.02. The van der Waals surface area contributed by atoms with Gasteiger partial charge in [0.15, 0.2) is 5.78 Å². The molecule has 5 nitrogen and oxygen atoms in total. The molecule has 0 aliphatic heterocycles. The first-order chi connectivity index (χ1) is 10.5. The van der Waals surface area contributed by atoms with Crippen molar-refractivity contribution in [2.45, 2.75) is 32.1 Å². The second-order valence-corrected chi connectivity index (χ2v) is 7.41. The second kappa shape index (κ2) is 5.57. The van der Waals surface area contributed by atoms with E-state index in [0.29, 0.717) is 32.1 Å². The minimum absolute atomic E-state index is 0.0590. The van der Waals surface area contributed by atoms with E-state index in [1.165, 1.54) is 0 Å². The molecule has 0 amide bonds. The maximum absolute atomic E-state index is 12.2. The van der Waals surface area contributed by atoms with Gasteiger partial charge in [0, 0.05) is 17.3 Å². The molecule has 3 aliphatic carbocycles. The van der Waals surface area contributed by atoms with Gasteiger partial charge in [0.25, 0.3) is 0 Å². The molecule has 0 bridgehead atoms. The lowest BCUT2D eigenvalue weighted by atomic mass is 9.86.